The number of ether oxygens (including phenoxy) is 2. The topological polar surface area (TPSA) is 50.8 Å². The maximum atomic E-state index is 12.0. The third-order valence-electron chi connectivity index (χ3n) is 3.76. The van der Waals surface area contributed by atoms with Crippen molar-refractivity contribution < 1.29 is 14.3 Å². The molecule has 0 radical (unpaired) electrons. The Hall–Kier alpha value is -1.59. The van der Waals surface area contributed by atoms with E-state index in [9.17, 15) is 4.79 Å². The smallest absolute Gasteiger partial charge is 0.260 e. The van der Waals surface area contributed by atoms with Crippen molar-refractivity contribution in [3.63, 3.8) is 0 Å². The zero-order chi connectivity index (χ0) is 15.8. The van der Waals surface area contributed by atoms with E-state index in [1.807, 2.05) is 31.2 Å². The zero-order valence-electron chi connectivity index (χ0n) is 13.5. The highest BCUT2D eigenvalue weighted by Crippen LogP contribution is 2.13. The van der Waals surface area contributed by atoms with Crippen molar-refractivity contribution in [1.29, 1.82) is 0 Å². The molecule has 122 valence electrons. The summed E-state index contributed by atoms with van der Waals surface area (Å²) in [5.41, 5.74) is 1.17. The summed E-state index contributed by atoms with van der Waals surface area (Å²) in [6.45, 7) is 9.07. The molecule has 1 atom stereocenters. The highest BCUT2D eigenvalue weighted by atomic mass is 16.5. The number of nitrogens with one attached hydrogen (secondary N) is 1. The van der Waals surface area contributed by atoms with Gasteiger partial charge in [0.25, 0.3) is 5.91 Å². The number of hydrogen-bond acceptors (Lipinski definition) is 4. The lowest BCUT2D eigenvalue weighted by Gasteiger charge is -2.26. The minimum Gasteiger partial charge on any atom is -0.481 e. The number of benzene rings is 1. The van der Waals surface area contributed by atoms with E-state index in [0.717, 1.165) is 45.0 Å². The molecule has 0 saturated carbocycles. The first-order valence-corrected chi connectivity index (χ1v) is 7.96. The van der Waals surface area contributed by atoms with Gasteiger partial charge in [-0.1, -0.05) is 17.7 Å². The van der Waals surface area contributed by atoms with Crippen LogP contribution in [0.2, 0.25) is 0 Å². The lowest BCUT2D eigenvalue weighted by atomic mass is 10.2. The van der Waals surface area contributed by atoms with Crippen LogP contribution in [0.5, 0.6) is 5.75 Å². The van der Waals surface area contributed by atoms with Gasteiger partial charge in [0.05, 0.1) is 13.2 Å². The molecule has 5 nitrogen and oxygen atoms in total. The van der Waals surface area contributed by atoms with Gasteiger partial charge >= 0.3 is 0 Å². The Morgan fingerprint density at radius 3 is 2.68 bits per heavy atom. The molecule has 1 aliphatic rings. The van der Waals surface area contributed by atoms with Crippen LogP contribution in [0.1, 0.15) is 18.9 Å². The van der Waals surface area contributed by atoms with Crippen LogP contribution in [-0.2, 0) is 9.53 Å². The fraction of sp³-hybridized carbons (Fsp3) is 0.588. The molecule has 1 aliphatic heterocycles. The predicted octanol–water partition coefficient (Wildman–Crippen LogP) is 1.60. The van der Waals surface area contributed by atoms with Crippen molar-refractivity contribution in [2.75, 3.05) is 39.4 Å². The Morgan fingerprint density at radius 2 is 2.00 bits per heavy atom. The van der Waals surface area contributed by atoms with Crippen LogP contribution >= 0.6 is 0 Å². The number of amides is 1. The first kappa shape index (κ1) is 16.8. The molecule has 0 spiro atoms. The summed E-state index contributed by atoms with van der Waals surface area (Å²) in [5.74, 6) is 0.657. The molecule has 1 amide bonds. The van der Waals surface area contributed by atoms with Gasteiger partial charge in [0, 0.05) is 19.6 Å². The highest BCUT2D eigenvalue weighted by Gasteiger charge is 2.14. The molecule has 1 aromatic rings. The van der Waals surface area contributed by atoms with Gasteiger partial charge in [-0.2, -0.15) is 0 Å². The minimum absolute atomic E-state index is 0.0671. The van der Waals surface area contributed by atoms with Gasteiger partial charge in [-0.3, -0.25) is 9.69 Å². The van der Waals surface area contributed by atoms with E-state index in [2.05, 4.69) is 10.2 Å². The number of aryl methyl sites for hydroxylation is 1. The van der Waals surface area contributed by atoms with E-state index in [4.69, 9.17) is 9.47 Å². The van der Waals surface area contributed by atoms with Gasteiger partial charge in [0.1, 0.15) is 5.75 Å². The van der Waals surface area contributed by atoms with Crippen molar-refractivity contribution >= 4 is 5.91 Å². The normalized spacial score (nSPS) is 17.0. The number of morpholine rings is 1. The molecule has 0 bridgehead atoms. The van der Waals surface area contributed by atoms with Gasteiger partial charge in [0.15, 0.2) is 6.10 Å². The molecule has 1 saturated heterocycles. The van der Waals surface area contributed by atoms with Crippen LogP contribution in [0.4, 0.5) is 0 Å². The lowest BCUT2D eigenvalue weighted by molar-refractivity contribution is -0.127. The monoisotopic (exact) mass is 306 g/mol. The van der Waals surface area contributed by atoms with E-state index < -0.39 is 6.10 Å². The summed E-state index contributed by atoms with van der Waals surface area (Å²) < 4.78 is 11.0. The number of nitrogens with zero attached hydrogens (tertiary/aromatic N) is 1. The van der Waals surface area contributed by atoms with E-state index in [1.54, 1.807) is 6.92 Å². The second-order valence-corrected chi connectivity index (χ2v) is 5.67. The van der Waals surface area contributed by atoms with Crippen molar-refractivity contribution in [2.24, 2.45) is 0 Å². The number of carbonyl (C=O) groups excluding carboxylic acids is 1. The van der Waals surface area contributed by atoms with E-state index >= 15 is 0 Å². The van der Waals surface area contributed by atoms with Crippen LogP contribution in [0, 0.1) is 6.92 Å². The van der Waals surface area contributed by atoms with Gasteiger partial charge in [0.2, 0.25) is 0 Å². The number of rotatable bonds is 7. The summed E-state index contributed by atoms with van der Waals surface area (Å²) in [7, 11) is 0. The van der Waals surface area contributed by atoms with Gasteiger partial charge < -0.3 is 14.8 Å². The molecule has 5 heteroatoms. The molecule has 22 heavy (non-hydrogen) atoms. The van der Waals surface area contributed by atoms with Crippen LogP contribution < -0.4 is 10.1 Å². The average Bonchev–Trinajstić information content (AvgIpc) is 2.54. The van der Waals surface area contributed by atoms with Crippen LogP contribution in [0.15, 0.2) is 24.3 Å². The minimum atomic E-state index is -0.480. The summed E-state index contributed by atoms with van der Waals surface area (Å²) in [6.07, 6.45) is 0.467. The molecule has 0 aliphatic carbocycles. The third-order valence-corrected chi connectivity index (χ3v) is 3.76. The molecular weight excluding hydrogens is 280 g/mol. The quantitative estimate of drug-likeness (QED) is 0.778. The Labute approximate surface area is 132 Å². The number of carbonyl (C=O) groups is 1. The largest absolute Gasteiger partial charge is 0.481 e. The maximum Gasteiger partial charge on any atom is 0.260 e. The highest BCUT2D eigenvalue weighted by molar-refractivity contribution is 5.80. The zero-order valence-corrected chi connectivity index (χ0v) is 13.5. The fourth-order valence-corrected chi connectivity index (χ4v) is 2.36. The second-order valence-electron chi connectivity index (χ2n) is 5.67. The van der Waals surface area contributed by atoms with E-state index in [-0.39, 0.29) is 5.91 Å². The molecule has 1 heterocycles. The van der Waals surface area contributed by atoms with E-state index in [0.29, 0.717) is 6.54 Å². The molecular formula is C17H26N2O3. The second kappa shape index (κ2) is 8.76. The molecule has 1 fully saturated rings. The Balaban J connectivity index is 1.62. The first-order chi connectivity index (χ1) is 10.6. The van der Waals surface area contributed by atoms with Gasteiger partial charge in [-0.15, -0.1) is 0 Å². The summed E-state index contributed by atoms with van der Waals surface area (Å²) >= 11 is 0. The molecule has 0 unspecified atom stereocenters. The number of hydrogen-bond donors (Lipinski definition) is 1. The predicted molar refractivity (Wildman–Crippen MR) is 86.2 cm³/mol. The van der Waals surface area contributed by atoms with Gasteiger partial charge in [-0.05, 0) is 38.9 Å². The summed E-state index contributed by atoms with van der Waals surface area (Å²) in [6, 6.07) is 7.72. The van der Waals surface area contributed by atoms with E-state index in [1.165, 1.54) is 5.56 Å². The molecule has 0 aromatic heterocycles. The van der Waals surface area contributed by atoms with Crippen LogP contribution in [0.3, 0.4) is 0 Å². The molecule has 2 rings (SSSR count). The Morgan fingerprint density at radius 1 is 1.32 bits per heavy atom. The maximum absolute atomic E-state index is 12.0. The summed E-state index contributed by atoms with van der Waals surface area (Å²) in [4.78, 5) is 14.4. The van der Waals surface area contributed by atoms with Crippen LogP contribution in [0.25, 0.3) is 0 Å². The van der Waals surface area contributed by atoms with Crippen molar-refractivity contribution in [3.8, 4) is 5.75 Å². The van der Waals surface area contributed by atoms with Crippen molar-refractivity contribution in [1.82, 2.24) is 10.2 Å². The first-order valence-electron chi connectivity index (χ1n) is 7.96. The third kappa shape index (κ3) is 5.66. The molecule has 1 N–H and O–H groups in total. The average molecular weight is 306 g/mol. The van der Waals surface area contributed by atoms with Crippen molar-refractivity contribution in [3.05, 3.63) is 29.8 Å². The SMILES string of the molecule is Cc1ccc(O[C@@H](C)C(=O)NCCCN2CCOCC2)cc1. The standard InChI is InChI=1S/C17H26N2O3/c1-14-4-6-16(7-5-14)22-15(2)17(20)18-8-3-9-19-10-12-21-13-11-19/h4-7,15H,3,8-13H2,1-2H3,(H,18,20)/t15-/m0/s1. The lowest BCUT2D eigenvalue weighted by Crippen LogP contribution is -2.40. The Bertz CT molecular complexity index is 455. The van der Waals surface area contributed by atoms with Crippen molar-refractivity contribution in [2.45, 2.75) is 26.4 Å². The van der Waals surface area contributed by atoms with Crippen LogP contribution in [-0.4, -0.2) is 56.3 Å². The Kier molecular flexibility index (Phi) is 6.68. The van der Waals surface area contributed by atoms with Gasteiger partial charge in [-0.25, -0.2) is 0 Å². The summed E-state index contributed by atoms with van der Waals surface area (Å²) in [5, 5.41) is 2.93. The fourth-order valence-electron chi connectivity index (χ4n) is 2.36. The molecule has 1 aromatic carbocycles.